The Balaban J connectivity index is 1.66. The molecule has 1 aromatic heterocycles. The van der Waals surface area contributed by atoms with Gasteiger partial charge < -0.3 is 15.1 Å². The predicted molar refractivity (Wildman–Crippen MR) is 78.8 cm³/mol. The second-order valence-corrected chi connectivity index (χ2v) is 5.22. The highest BCUT2D eigenvalue weighted by molar-refractivity contribution is 6.39. The number of rotatable bonds is 1. The van der Waals surface area contributed by atoms with Gasteiger partial charge in [-0.25, -0.2) is 0 Å². The summed E-state index contributed by atoms with van der Waals surface area (Å²) in [5, 5.41) is 10.3. The van der Waals surface area contributed by atoms with Crippen molar-refractivity contribution in [1.29, 1.82) is 0 Å². The molecule has 7 heteroatoms. The number of hydrogen-bond donors (Lipinski definition) is 2. The molecule has 1 aromatic carbocycles. The fraction of sp³-hybridized carbons (Fsp3) is 0.357. The molecule has 110 valence electrons. The third-order valence-corrected chi connectivity index (χ3v) is 3.68. The predicted octanol–water partition coefficient (Wildman–Crippen LogP) is 0.275. The summed E-state index contributed by atoms with van der Waals surface area (Å²) in [5.74, 6) is -1.08. The summed E-state index contributed by atoms with van der Waals surface area (Å²) in [6, 6.07) is 5.36. The van der Waals surface area contributed by atoms with Crippen LogP contribution in [-0.4, -0.2) is 65.0 Å². The van der Waals surface area contributed by atoms with Gasteiger partial charge in [0.1, 0.15) is 0 Å². The minimum atomic E-state index is -0.599. The highest BCUT2D eigenvalue weighted by Gasteiger charge is 2.24. The van der Waals surface area contributed by atoms with E-state index >= 15 is 0 Å². The monoisotopic (exact) mass is 287 g/mol. The van der Waals surface area contributed by atoms with E-state index in [1.165, 1.54) is 0 Å². The number of hydrogen-bond acceptors (Lipinski definition) is 4. The molecule has 21 heavy (non-hydrogen) atoms. The van der Waals surface area contributed by atoms with Gasteiger partial charge in [0.2, 0.25) is 0 Å². The average Bonchev–Trinajstić information content (AvgIpc) is 2.95. The smallest absolute Gasteiger partial charge is 0.313 e. The van der Waals surface area contributed by atoms with Crippen molar-refractivity contribution in [3.05, 3.63) is 24.4 Å². The zero-order valence-corrected chi connectivity index (χ0v) is 11.8. The summed E-state index contributed by atoms with van der Waals surface area (Å²) >= 11 is 0. The van der Waals surface area contributed by atoms with Crippen molar-refractivity contribution in [2.45, 2.75) is 0 Å². The number of carbonyl (C=O) groups excluding carboxylic acids is 2. The lowest BCUT2D eigenvalue weighted by Gasteiger charge is -2.31. The fourth-order valence-corrected chi connectivity index (χ4v) is 2.35. The molecule has 3 rings (SSSR count). The molecule has 7 nitrogen and oxygen atoms in total. The van der Waals surface area contributed by atoms with Crippen LogP contribution in [-0.2, 0) is 9.59 Å². The van der Waals surface area contributed by atoms with Crippen molar-refractivity contribution in [2.75, 3.05) is 38.5 Å². The molecule has 0 radical (unpaired) electrons. The average molecular weight is 287 g/mol. The van der Waals surface area contributed by atoms with Crippen LogP contribution in [0, 0.1) is 0 Å². The Labute approximate surface area is 121 Å². The number of carbonyl (C=O) groups is 2. The number of nitrogens with one attached hydrogen (secondary N) is 2. The number of aromatic amines is 1. The number of aromatic nitrogens is 2. The van der Waals surface area contributed by atoms with Gasteiger partial charge in [0.05, 0.1) is 11.7 Å². The second-order valence-electron chi connectivity index (χ2n) is 5.22. The highest BCUT2D eigenvalue weighted by atomic mass is 16.2. The lowest BCUT2D eigenvalue weighted by atomic mass is 10.2. The topological polar surface area (TPSA) is 81.3 Å². The van der Waals surface area contributed by atoms with Gasteiger partial charge in [-0.05, 0) is 25.2 Å². The van der Waals surface area contributed by atoms with Crippen LogP contribution in [0.1, 0.15) is 0 Å². The molecule has 2 amide bonds. The molecule has 1 aliphatic rings. The number of likely N-dealkylation sites (N-methyl/N-ethyl adjacent to an activating group) is 1. The summed E-state index contributed by atoms with van der Waals surface area (Å²) < 4.78 is 0. The van der Waals surface area contributed by atoms with Gasteiger partial charge in [-0.15, -0.1) is 0 Å². The van der Waals surface area contributed by atoms with Crippen LogP contribution in [0.15, 0.2) is 24.4 Å². The lowest BCUT2D eigenvalue weighted by molar-refractivity contribution is -0.144. The maximum Gasteiger partial charge on any atom is 0.313 e. The maximum atomic E-state index is 12.1. The number of piperazine rings is 1. The van der Waals surface area contributed by atoms with Gasteiger partial charge in [-0.3, -0.25) is 14.7 Å². The van der Waals surface area contributed by atoms with E-state index in [-0.39, 0.29) is 0 Å². The quantitative estimate of drug-likeness (QED) is 0.738. The SMILES string of the molecule is CN1CCN(C(=O)C(=O)Nc2ccc3cn[nH]c3c2)CC1. The molecule has 2 heterocycles. The second kappa shape index (κ2) is 5.53. The van der Waals surface area contributed by atoms with Gasteiger partial charge >= 0.3 is 11.8 Å². The van der Waals surface area contributed by atoms with E-state index in [9.17, 15) is 9.59 Å². The van der Waals surface area contributed by atoms with Crippen LogP contribution >= 0.6 is 0 Å². The molecule has 0 unspecified atom stereocenters. The molecule has 0 atom stereocenters. The van der Waals surface area contributed by atoms with E-state index in [0.29, 0.717) is 18.8 Å². The molecular formula is C14H17N5O2. The first kappa shape index (κ1) is 13.6. The Morgan fingerprint density at radius 2 is 2.00 bits per heavy atom. The third kappa shape index (κ3) is 2.87. The van der Waals surface area contributed by atoms with Gasteiger partial charge in [-0.1, -0.05) is 0 Å². The first-order valence-corrected chi connectivity index (χ1v) is 6.85. The molecule has 2 aromatic rings. The number of fused-ring (bicyclic) bond motifs is 1. The number of amides is 2. The molecular weight excluding hydrogens is 270 g/mol. The van der Waals surface area contributed by atoms with Crippen molar-refractivity contribution >= 4 is 28.4 Å². The summed E-state index contributed by atoms with van der Waals surface area (Å²) in [4.78, 5) is 27.8. The number of H-pyrrole nitrogens is 1. The Kier molecular flexibility index (Phi) is 3.57. The molecule has 0 spiro atoms. The standard InChI is InChI=1S/C14H17N5O2/c1-18-4-6-19(7-5-18)14(21)13(20)16-11-3-2-10-9-15-17-12(10)8-11/h2-3,8-9H,4-7H2,1H3,(H,15,17)(H,16,20). The molecule has 0 saturated carbocycles. The van der Waals surface area contributed by atoms with Crippen molar-refractivity contribution in [3.63, 3.8) is 0 Å². The Hall–Kier alpha value is -2.41. The van der Waals surface area contributed by atoms with Crippen molar-refractivity contribution in [1.82, 2.24) is 20.0 Å². The zero-order chi connectivity index (χ0) is 14.8. The number of nitrogens with zero attached hydrogens (tertiary/aromatic N) is 3. The molecule has 1 aliphatic heterocycles. The Morgan fingerprint density at radius 1 is 1.24 bits per heavy atom. The molecule has 1 saturated heterocycles. The van der Waals surface area contributed by atoms with Crippen LogP contribution in [0.25, 0.3) is 10.9 Å². The van der Waals surface area contributed by atoms with Crippen molar-refractivity contribution < 1.29 is 9.59 Å². The zero-order valence-electron chi connectivity index (χ0n) is 11.8. The van der Waals surface area contributed by atoms with Crippen LogP contribution in [0.3, 0.4) is 0 Å². The van der Waals surface area contributed by atoms with E-state index in [2.05, 4.69) is 20.4 Å². The van der Waals surface area contributed by atoms with Crippen molar-refractivity contribution in [3.8, 4) is 0 Å². The third-order valence-electron chi connectivity index (χ3n) is 3.68. The Morgan fingerprint density at radius 3 is 2.76 bits per heavy atom. The van der Waals surface area contributed by atoms with Gasteiger partial charge in [0.15, 0.2) is 0 Å². The number of anilines is 1. The minimum absolute atomic E-state index is 0.479. The summed E-state index contributed by atoms with van der Waals surface area (Å²) in [6.07, 6.45) is 1.70. The van der Waals surface area contributed by atoms with Gasteiger partial charge in [-0.2, -0.15) is 5.10 Å². The van der Waals surface area contributed by atoms with Crippen molar-refractivity contribution in [2.24, 2.45) is 0 Å². The maximum absolute atomic E-state index is 12.1. The van der Waals surface area contributed by atoms with Crippen LogP contribution in [0.5, 0.6) is 0 Å². The summed E-state index contributed by atoms with van der Waals surface area (Å²) in [7, 11) is 2.00. The van der Waals surface area contributed by atoms with E-state index < -0.39 is 11.8 Å². The number of benzene rings is 1. The first-order chi connectivity index (χ1) is 10.1. The minimum Gasteiger partial charge on any atom is -0.332 e. The van der Waals surface area contributed by atoms with Gasteiger partial charge in [0.25, 0.3) is 0 Å². The highest BCUT2D eigenvalue weighted by Crippen LogP contribution is 2.16. The molecule has 0 aliphatic carbocycles. The van der Waals surface area contributed by atoms with Gasteiger partial charge in [0, 0.05) is 37.3 Å². The largest absolute Gasteiger partial charge is 0.332 e. The Bertz CT molecular complexity index is 673. The summed E-state index contributed by atoms with van der Waals surface area (Å²) in [6.45, 7) is 2.75. The van der Waals surface area contributed by atoms with E-state index in [1.54, 1.807) is 23.2 Å². The molecule has 2 N–H and O–H groups in total. The lowest BCUT2D eigenvalue weighted by Crippen LogP contribution is -2.50. The van der Waals surface area contributed by atoms with E-state index in [1.807, 2.05) is 13.1 Å². The van der Waals surface area contributed by atoms with Crippen LogP contribution in [0.2, 0.25) is 0 Å². The molecule has 1 fully saturated rings. The fourth-order valence-electron chi connectivity index (χ4n) is 2.35. The van der Waals surface area contributed by atoms with Crippen LogP contribution < -0.4 is 5.32 Å². The summed E-state index contributed by atoms with van der Waals surface area (Å²) in [5.41, 5.74) is 1.40. The van der Waals surface area contributed by atoms with Crippen LogP contribution in [0.4, 0.5) is 5.69 Å². The van der Waals surface area contributed by atoms with E-state index in [4.69, 9.17) is 0 Å². The normalized spacial score (nSPS) is 16.1. The first-order valence-electron chi connectivity index (χ1n) is 6.85. The molecule has 0 bridgehead atoms. The van der Waals surface area contributed by atoms with E-state index in [0.717, 1.165) is 24.0 Å².